The summed E-state index contributed by atoms with van der Waals surface area (Å²) in [7, 11) is -3.93. The number of carbonyl (C=O) groups excluding carboxylic acids is 1. The summed E-state index contributed by atoms with van der Waals surface area (Å²) in [6.45, 7) is 5.23. The first-order valence-corrected chi connectivity index (χ1v) is 13.6. The summed E-state index contributed by atoms with van der Waals surface area (Å²) < 4.78 is 27.5. The van der Waals surface area contributed by atoms with Gasteiger partial charge in [-0.15, -0.1) is 0 Å². The summed E-state index contributed by atoms with van der Waals surface area (Å²) in [6, 6.07) is 12.5. The Kier molecular flexibility index (Phi) is 13.0. The number of benzene rings is 2. The zero-order valence-corrected chi connectivity index (χ0v) is 21.8. The van der Waals surface area contributed by atoms with E-state index in [-0.39, 0.29) is 36.8 Å². The van der Waals surface area contributed by atoms with Crippen molar-refractivity contribution in [2.75, 3.05) is 32.8 Å². The highest BCUT2D eigenvalue weighted by Crippen LogP contribution is 2.17. The van der Waals surface area contributed by atoms with Crippen LogP contribution in [0.2, 0.25) is 0 Å². The molecule has 0 heterocycles. The quantitative estimate of drug-likeness (QED) is 0.154. The first-order valence-electron chi connectivity index (χ1n) is 12.1. The van der Waals surface area contributed by atoms with E-state index in [1.54, 1.807) is 6.07 Å². The number of rotatable bonds is 17. The molecule has 0 saturated heterocycles. The van der Waals surface area contributed by atoms with Gasteiger partial charge in [-0.25, -0.2) is 22.9 Å². The third-order valence-electron chi connectivity index (χ3n) is 5.27. The fourth-order valence-corrected chi connectivity index (χ4v) is 4.44. The molecule has 10 nitrogen and oxygen atoms in total. The number of amides is 1. The second kappa shape index (κ2) is 15.7. The van der Waals surface area contributed by atoms with Crippen molar-refractivity contribution < 1.29 is 28.1 Å². The van der Waals surface area contributed by atoms with Crippen molar-refractivity contribution in [2.24, 2.45) is 5.73 Å². The second-order valence-electron chi connectivity index (χ2n) is 8.26. The first kappa shape index (κ1) is 29.8. The maximum absolute atomic E-state index is 12.6. The summed E-state index contributed by atoms with van der Waals surface area (Å²) >= 11 is 0. The van der Waals surface area contributed by atoms with E-state index in [1.807, 2.05) is 19.1 Å². The Bertz CT molecular complexity index is 1060. The van der Waals surface area contributed by atoms with Crippen LogP contribution in [0.3, 0.4) is 0 Å². The van der Waals surface area contributed by atoms with E-state index in [1.165, 1.54) is 17.7 Å². The molecule has 0 aliphatic rings. The molecule has 0 fully saturated rings. The van der Waals surface area contributed by atoms with Crippen molar-refractivity contribution in [3.63, 3.8) is 0 Å². The Balaban J connectivity index is 2.01. The summed E-state index contributed by atoms with van der Waals surface area (Å²) in [6.07, 6.45) is 1.28. The van der Waals surface area contributed by atoms with Gasteiger partial charge in [-0.2, -0.15) is 0 Å². The van der Waals surface area contributed by atoms with Gasteiger partial charge in [0.25, 0.3) is 5.91 Å². The van der Waals surface area contributed by atoms with E-state index in [4.69, 9.17) is 20.6 Å². The van der Waals surface area contributed by atoms with Gasteiger partial charge >= 0.3 is 0 Å². The van der Waals surface area contributed by atoms with Crippen LogP contribution in [0.4, 0.5) is 0 Å². The van der Waals surface area contributed by atoms with Crippen LogP contribution >= 0.6 is 0 Å². The fraction of sp³-hybridized carbons (Fsp3) is 0.480. The molecule has 0 saturated carbocycles. The van der Waals surface area contributed by atoms with Crippen LogP contribution in [-0.2, 0) is 39.4 Å². The molecule has 1 atom stereocenters. The summed E-state index contributed by atoms with van der Waals surface area (Å²) in [4.78, 5) is 23.2. The van der Waals surface area contributed by atoms with Gasteiger partial charge < -0.3 is 21.5 Å². The van der Waals surface area contributed by atoms with Crippen LogP contribution in [0, 0.1) is 0 Å². The molecule has 2 rings (SSSR count). The average Bonchev–Trinajstić information content (AvgIpc) is 2.89. The molecule has 2 aromatic carbocycles. The zero-order valence-electron chi connectivity index (χ0n) is 21.0. The maximum atomic E-state index is 12.6. The lowest BCUT2D eigenvalue weighted by atomic mass is 10.1. The molecule has 1 amide bonds. The molecular formula is C25H38N4O6S. The monoisotopic (exact) mass is 522 g/mol. The van der Waals surface area contributed by atoms with Gasteiger partial charge in [0.2, 0.25) is 10.0 Å². The SMILES string of the molecule is CCCNC(=O)c1cc(COO[C@@H](CN)CNCc2cccc(CC)c2)cc(S(=O)(=O)NCCO)c1. The molecule has 0 spiro atoms. The van der Waals surface area contributed by atoms with Crippen molar-refractivity contribution in [3.8, 4) is 0 Å². The normalized spacial score (nSPS) is 12.4. The van der Waals surface area contributed by atoms with Gasteiger partial charge in [-0.05, 0) is 47.7 Å². The Morgan fingerprint density at radius 1 is 1.08 bits per heavy atom. The lowest BCUT2D eigenvalue weighted by Crippen LogP contribution is -2.35. The minimum Gasteiger partial charge on any atom is -0.395 e. The maximum Gasteiger partial charge on any atom is 0.251 e. The molecule has 0 aliphatic carbocycles. The van der Waals surface area contributed by atoms with Gasteiger partial charge in [0.05, 0.1) is 11.5 Å². The minimum atomic E-state index is -3.93. The van der Waals surface area contributed by atoms with E-state index >= 15 is 0 Å². The Hall–Kier alpha value is -2.38. The molecule has 0 radical (unpaired) electrons. The number of nitrogens with one attached hydrogen (secondary N) is 3. The molecule has 0 unspecified atom stereocenters. The van der Waals surface area contributed by atoms with Gasteiger partial charge in [0.15, 0.2) is 0 Å². The highest BCUT2D eigenvalue weighted by molar-refractivity contribution is 7.89. The Morgan fingerprint density at radius 3 is 2.56 bits per heavy atom. The van der Waals surface area contributed by atoms with Gasteiger partial charge in [-0.3, -0.25) is 4.79 Å². The smallest absolute Gasteiger partial charge is 0.251 e. The topological polar surface area (TPSA) is 152 Å². The van der Waals surface area contributed by atoms with Crippen molar-refractivity contribution >= 4 is 15.9 Å². The third kappa shape index (κ3) is 9.94. The average molecular weight is 523 g/mol. The molecule has 36 heavy (non-hydrogen) atoms. The largest absolute Gasteiger partial charge is 0.395 e. The molecule has 6 N–H and O–H groups in total. The molecular weight excluding hydrogens is 484 g/mol. The molecule has 200 valence electrons. The van der Waals surface area contributed by atoms with Crippen LogP contribution in [-0.4, -0.2) is 58.3 Å². The summed E-state index contributed by atoms with van der Waals surface area (Å²) in [5, 5.41) is 15.0. The summed E-state index contributed by atoms with van der Waals surface area (Å²) in [5.74, 6) is -0.394. The number of aryl methyl sites for hydroxylation is 1. The number of carbonyl (C=O) groups is 1. The number of sulfonamides is 1. The van der Waals surface area contributed by atoms with E-state index in [2.05, 4.69) is 34.4 Å². The van der Waals surface area contributed by atoms with Crippen LogP contribution in [0.25, 0.3) is 0 Å². The van der Waals surface area contributed by atoms with E-state index in [9.17, 15) is 13.2 Å². The van der Waals surface area contributed by atoms with Crippen molar-refractivity contribution in [2.45, 2.75) is 50.8 Å². The minimum absolute atomic E-state index is 0.0908. The number of nitrogens with two attached hydrogens (primary N) is 1. The standard InChI is InChI=1S/C25H38N4O6S/c1-3-8-28-25(31)22-12-21(13-24(14-22)36(32,33)29-9-10-30)18-34-35-23(15-26)17-27-16-20-7-5-6-19(4-2)11-20/h5-7,11-14,23,27,29-30H,3-4,8-10,15-18,26H2,1-2H3,(H,28,31)/t23-/m0/s1. The zero-order chi connectivity index (χ0) is 26.4. The van der Waals surface area contributed by atoms with Crippen LogP contribution in [0.15, 0.2) is 47.4 Å². The Labute approximate surface area is 213 Å². The van der Waals surface area contributed by atoms with E-state index < -0.39 is 22.0 Å². The lowest BCUT2D eigenvalue weighted by molar-refractivity contribution is -0.329. The number of aliphatic hydroxyl groups excluding tert-OH is 1. The van der Waals surface area contributed by atoms with E-state index in [0.717, 1.165) is 18.4 Å². The fourth-order valence-electron chi connectivity index (χ4n) is 3.33. The first-order chi connectivity index (χ1) is 17.3. The predicted octanol–water partition coefficient (Wildman–Crippen LogP) is 1.22. The molecule has 0 aliphatic heterocycles. The van der Waals surface area contributed by atoms with Crippen LogP contribution in [0.1, 0.15) is 47.3 Å². The highest BCUT2D eigenvalue weighted by atomic mass is 32.2. The predicted molar refractivity (Wildman–Crippen MR) is 138 cm³/mol. The van der Waals surface area contributed by atoms with Crippen LogP contribution in [0.5, 0.6) is 0 Å². The third-order valence-corrected chi connectivity index (χ3v) is 6.71. The molecule has 11 heteroatoms. The van der Waals surface area contributed by atoms with E-state index in [0.29, 0.717) is 25.2 Å². The van der Waals surface area contributed by atoms with Gasteiger partial charge in [0, 0.05) is 38.3 Å². The van der Waals surface area contributed by atoms with Gasteiger partial charge in [-0.1, -0.05) is 38.1 Å². The van der Waals surface area contributed by atoms with Crippen molar-refractivity contribution in [1.82, 2.24) is 15.4 Å². The lowest BCUT2D eigenvalue weighted by Gasteiger charge is -2.16. The van der Waals surface area contributed by atoms with Crippen LogP contribution < -0.4 is 21.1 Å². The second-order valence-corrected chi connectivity index (χ2v) is 10.0. The molecule has 0 bridgehead atoms. The number of aliphatic hydroxyl groups is 1. The highest BCUT2D eigenvalue weighted by Gasteiger charge is 2.18. The van der Waals surface area contributed by atoms with Gasteiger partial charge in [0.1, 0.15) is 12.7 Å². The Morgan fingerprint density at radius 2 is 1.86 bits per heavy atom. The molecule has 2 aromatic rings. The van der Waals surface area contributed by atoms with Crippen molar-refractivity contribution in [3.05, 3.63) is 64.7 Å². The summed E-state index contributed by atoms with van der Waals surface area (Å²) in [5.41, 5.74) is 8.85. The molecule has 0 aromatic heterocycles. The number of hydrogen-bond acceptors (Lipinski definition) is 8. The van der Waals surface area contributed by atoms with Crippen molar-refractivity contribution in [1.29, 1.82) is 0 Å². The number of hydrogen-bond donors (Lipinski definition) is 5.